The van der Waals surface area contributed by atoms with Crippen LogP contribution in [0.1, 0.15) is 18.4 Å². The van der Waals surface area contributed by atoms with Crippen LogP contribution in [0.2, 0.25) is 0 Å². The Kier molecular flexibility index (Phi) is 5.20. The number of carbonyl (C=O) groups excluding carboxylic acids is 1. The SMILES string of the molecule is Cc1cccc(NC(=O)[C@@H]2CCCN(S(=O)(=O)N(C)C)C2)c1. The molecule has 0 unspecified atom stereocenters. The molecule has 1 N–H and O–H groups in total. The first-order valence-electron chi connectivity index (χ1n) is 7.36. The highest BCUT2D eigenvalue weighted by molar-refractivity contribution is 7.86. The second-order valence-electron chi connectivity index (χ2n) is 5.85. The number of carbonyl (C=O) groups is 1. The number of rotatable bonds is 4. The molecule has 0 aliphatic carbocycles. The zero-order valence-corrected chi connectivity index (χ0v) is 14.1. The Balaban J connectivity index is 2.04. The van der Waals surface area contributed by atoms with Gasteiger partial charge in [-0.25, -0.2) is 0 Å². The fraction of sp³-hybridized carbons (Fsp3) is 0.533. The normalized spacial score (nSPS) is 20.1. The van der Waals surface area contributed by atoms with Crippen molar-refractivity contribution in [2.45, 2.75) is 19.8 Å². The average molecular weight is 325 g/mol. The first-order chi connectivity index (χ1) is 10.3. The zero-order valence-electron chi connectivity index (χ0n) is 13.2. The summed E-state index contributed by atoms with van der Waals surface area (Å²) in [5.41, 5.74) is 1.82. The van der Waals surface area contributed by atoms with Crippen molar-refractivity contribution in [1.29, 1.82) is 0 Å². The van der Waals surface area contributed by atoms with Crippen molar-refractivity contribution in [2.75, 3.05) is 32.5 Å². The van der Waals surface area contributed by atoms with E-state index in [1.165, 1.54) is 22.7 Å². The highest BCUT2D eigenvalue weighted by atomic mass is 32.2. The molecule has 1 heterocycles. The summed E-state index contributed by atoms with van der Waals surface area (Å²) in [6.45, 7) is 2.66. The Morgan fingerprint density at radius 3 is 2.73 bits per heavy atom. The van der Waals surface area contributed by atoms with Gasteiger partial charge in [0.15, 0.2) is 0 Å². The van der Waals surface area contributed by atoms with E-state index >= 15 is 0 Å². The monoisotopic (exact) mass is 325 g/mol. The van der Waals surface area contributed by atoms with Crippen molar-refractivity contribution in [3.05, 3.63) is 29.8 Å². The molecule has 1 amide bonds. The third kappa shape index (κ3) is 3.85. The van der Waals surface area contributed by atoms with Gasteiger partial charge in [0.2, 0.25) is 5.91 Å². The summed E-state index contributed by atoms with van der Waals surface area (Å²) in [5.74, 6) is -0.437. The quantitative estimate of drug-likeness (QED) is 0.911. The summed E-state index contributed by atoms with van der Waals surface area (Å²) in [6.07, 6.45) is 1.40. The molecule has 0 saturated carbocycles. The van der Waals surface area contributed by atoms with Crippen molar-refractivity contribution < 1.29 is 13.2 Å². The molecule has 7 heteroatoms. The van der Waals surface area contributed by atoms with Gasteiger partial charge >= 0.3 is 0 Å². The fourth-order valence-electron chi connectivity index (χ4n) is 2.56. The summed E-state index contributed by atoms with van der Waals surface area (Å²) < 4.78 is 26.9. The molecule has 0 aromatic heterocycles. The van der Waals surface area contributed by atoms with E-state index in [0.29, 0.717) is 19.4 Å². The minimum atomic E-state index is -3.46. The van der Waals surface area contributed by atoms with Gasteiger partial charge in [-0.1, -0.05) is 12.1 Å². The summed E-state index contributed by atoms with van der Waals surface area (Å²) >= 11 is 0. The predicted octanol–water partition coefficient (Wildman–Crippen LogP) is 1.45. The molecule has 22 heavy (non-hydrogen) atoms. The number of hydrogen-bond donors (Lipinski definition) is 1. The first-order valence-corrected chi connectivity index (χ1v) is 8.75. The van der Waals surface area contributed by atoms with E-state index in [0.717, 1.165) is 11.3 Å². The largest absolute Gasteiger partial charge is 0.326 e. The van der Waals surface area contributed by atoms with Crippen LogP contribution in [0, 0.1) is 12.8 Å². The number of nitrogens with one attached hydrogen (secondary N) is 1. The van der Waals surface area contributed by atoms with E-state index in [2.05, 4.69) is 5.32 Å². The van der Waals surface area contributed by atoms with Crippen LogP contribution in [0.15, 0.2) is 24.3 Å². The van der Waals surface area contributed by atoms with Crippen molar-refractivity contribution in [2.24, 2.45) is 5.92 Å². The summed E-state index contributed by atoms with van der Waals surface area (Å²) in [7, 11) is -0.448. The maximum Gasteiger partial charge on any atom is 0.281 e. The lowest BCUT2D eigenvalue weighted by molar-refractivity contribution is -0.120. The fourth-order valence-corrected chi connectivity index (χ4v) is 3.75. The third-order valence-corrected chi connectivity index (χ3v) is 5.74. The molecule has 1 aromatic carbocycles. The molecule has 2 rings (SSSR count). The van der Waals surface area contributed by atoms with Crippen LogP contribution in [0.5, 0.6) is 0 Å². The van der Waals surface area contributed by atoms with Gasteiger partial charge in [0.05, 0.1) is 5.92 Å². The summed E-state index contributed by atoms with van der Waals surface area (Å²) in [6, 6.07) is 7.58. The van der Waals surface area contributed by atoms with Crippen molar-refractivity contribution in [3.63, 3.8) is 0 Å². The zero-order chi connectivity index (χ0) is 16.3. The molecule has 1 aliphatic heterocycles. The highest BCUT2D eigenvalue weighted by Crippen LogP contribution is 2.22. The van der Waals surface area contributed by atoms with E-state index in [9.17, 15) is 13.2 Å². The second-order valence-corrected chi connectivity index (χ2v) is 7.99. The van der Waals surface area contributed by atoms with Crippen molar-refractivity contribution in [3.8, 4) is 0 Å². The number of amides is 1. The molecule has 122 valence electrons. The van der Waals surface area contributed by atoms with E-state index in [1.807, 2.05) is 31.2 Å². The van der Waals surface area contributed by atoms with Crippen molar-refractivity contribution in [1.82, 2.24) is 8.61 Å². The maximum atomic E-state index is 12.4. The van der Waals surface area contributed by atoms with Gasteiger partial charge < -0.3 is 5.32 Å². The smallest absolute Gasteiger partial charge is 0.281 e. The first kappa shape index (κ1) is 16.9. The van der Waals surface area contributed by atoms with Gasteiger partial charge in [0.1, 0.15) is 0 Å². The van der Waals surface area contributed by atoms with Crippen LogP contribution in [0.25, 0.3) is 0 Å². The lowest BCUT2D eigenvalue weighted by Crippen LogP contribution is -2.47. The van der Waals surface area contributed by atoms with E-state index in [4.69, 9.17) is 0 Å². The number of hydrogen-bond acceptors (Lipinski definition) is 3. The number of anilines is 1. The Hall–Kier alpha value is -1.44. The second kappa shape index (κ2) is 6.76. The van der Waals surface area contributed by atoms with Gasteiger partial charge in [-0.3, -0.25) is 4.79 Å². The van der Waals surface area contributed by atoms with Crippen molar-refractivity contribution >= 4 is 21.8 Å². The Bertz CT molecular complexity index is 643. The maximum absolute atomic E-state index is 12.4. The molecule has 1 aromatic rings. The number of piperidine rings is 1. The van der Waals surface area contributed by atoms with Gasteiger partial charge in [0, 0.05) is 32.9 Å². The molecular weight excluding hydrogens is 302 g/mol. The number of aryl methyl sites for hydroxylation is 1. The lowest BCUT2D eigenvalue weighted by Gasteiger charge is -2.32. The third-order valence-electron chi connectivity index (χ3n) is 3.83. The summed E-state index contributed by atoms with van der Waals surface area (Å²) in [5, 5.41) is 2.88. The van der Waals surface area contributed by atoms with Crippen LogP contribution >= 0.6 is 0 Å². The van der Waals surface area contributed by atoms with Crippen LogP contribution in [-0.4, -0.2) is 50.1 Å². The minimum absolute atomic E-state index is 0.121. The average Bonchev–Trinajstić information content (AvgIpc) is 2.47. The van der Waals surface area contributed by atoms with Gasteiger partial charge in [-0.15, -0.1) is 0 Å². The molecule has 1 fully saturated rings. The molecule has 1 atom stereocenters. The summed E-state index contributed by atoms with van der Waals surface area (Å²) in [4.78, 5) is 12.4. The van der Waals surface area contributed by atoms with E-state index < -0.39 is 10.2 Å². The lowest BCUT2D eigenvalue weighted by atomic mass is 9.98. The number of nitrogens with zero attached hydrogens (tertiary/aromatic N) is 2. The number of benzene rings is 1. The van der Waals surface area contributed by atoms with Crippen LogP contribution < -0.4 is 5.32 Å². The van der Waals surface area contributed by atoms with Gasteiger partial charge in [-0.05, 0) is 37.5 Å². The molecule has 0 bridgehead atoms. The Morgan fingerprint density at radius 2 is 2.09 bits per heavy atom. The molecule has 0 spiro atoms. The molecule has 6 nitrogen and oxygen atoms in total. The van der Waals surface area contributed by atoms with Gasteiger partial charge in [-0.2, -0.15) is 17.0 Å². The Morgan fingerprint density at radius 1 is 1.36 bits per heavy atom. The van der Waals surface area contributed by atoms with E-state index in [1.54, 1.807) is 0 Å². The molecule has 1 saturated heterocycles. The minimum Gasteiger partial charge on any atom is -0.326 e. The van der Waals surface area contributed by atoms with Gasteiger partial charge in [0.25, 0.3) is 10.2 Å². The molecule has 0 radical (unpaired) electrons. The highest BCUT2D eigenvalue weighted by Gasteiger charge is 2.33. The van der Waals surface area contributed by atoms with E-state index in [-0.39, 0.29) is 18.4 Å². The molecular formula is C15H23N3O3S. The molecule has 1 aliphatic rings. The predicted molar refractivity (Wildman–Crippen MR) is 86.7 cm³/mol. The van der Waals surface area contributed by atoms with Crippen LogP contribution in [0.4, 0.5) is 5.69 Å². The topological polar surface area (TPSA) is 69.7 Å². The van der Waals surface area contributed by atoms with Crippen LogP contribution in [0.3, 0.4) is 0 Å². The standard InChI is InChI=1S/C15H23N3O3S/c1-12-6-4-8-14(10-12)16-15(19)13-7-5-9-18(11-13)22(20,21)17(2)3/h4,6,8,10,13H,5,7,9,11H2,1-3H3,(H,16,19)/t13-/m1/s1. The Labute approximate surface area is 132 Å². The van der Waals surface area contributed by atoms with Crippen LogP contribution in [-0.2, 0) is 15.0 Å².